The Labute approximate surface area is 232 Å². The van der Waals surface area contributed by atoms with Crippen molar-refractivity contribution in [1.82, 2.24) is 30.5 Å². The lowest BCUT2D eigenvalue weighted by Crippen LogP contribution is -2.70. The summed E-state index contributed by atoms with van der Waals surface area (Å²) >= 11 is 6.36. The molecule has 1 aliphatic carbocycles. The molecule has 5 heterocycles. The summed E-state index contributed by atoms with van der Waals surface area (Å²) in [7, 11) is 1.29. The van der Waals surface area contributed by atoms with Gasteiger partial charge in [-0.2, -0.15) is 13.2 Å². The molecule has 0 aromatic carbocycles. The summed E-state index contributed by atoms with van der Waals surface area (Å²) in [6.07, 6.45) is 1.22. The number of amides is 2. The van der Waals surface area contributed by atoms with Crippen molar-refractivity contribution in [1.29, 1.82) is 0 Å². The molecule has 1 saturated carbocycles. The van der Waals surface area contributed by atoms with Gasteiger partial charge >= 0.3 is 6.18 Å². The molecule has 9 nitrogen and oxygen atoms in total. The van der Waals surface area contributed by atoms with Crippen LogP contribution in [0.4, 0.5) is 13.2 Å². The smallest absolute Gasteiger partial charge is 0.368 e. The van der Waals surface area contributed by atoms with Crippen LogP contribution >= 0.6 is 11.6 Å². The zero-order chi connectivity index (χ0) is 27.5. The molecule has 6 atom stereocenters. The third-order valence-corrected chi connectivity index (χ3v) is 10.3. The van der Waals surface area contributed by atoms with E-state index in [2.05, 4.69) is 20.7 Å². The molecule has 39 heavy (non-hydrogen) atoms. The summed E-state index contributed by atoms with van der Waals surface area (Å²) in [5, 5.41) is 5.89. The number of nitrogens with one attached hydrogen (secondary N) is 2. The Balaban J connectivity index is 1.05. The van der Waals surface area contributed by atoms with Gasteiger partial charge in [-0.25, -0.2) is 10.4 Å². The number of carbonyl (C=O) groups excluding carboxylic acids is 2. The molecule has 4 unspecified atom stereocenters. The van der Waals surface area contributed by atoms with E-state index in [0.29, 0.717) is 50.8 Å². The van der Waals surface area contributed by atoms with Crippen molar-refractivity contribution in [2.75, 3.05) is 39.8 Å². The van der Waals surface area contributed by atoms with Gasteiger partial charge in [-0.15, -0.1) is 11.6 Å². The maximum Gasteiger partial charge on any atom is 0.409 e. The largest absolute Gasteiger partial charge is 0.409 e. The number of piperidine rings is 1. The first-order valence-corrected chi connectivity index (χ1v) is 15.0. The van der Waals surface area contributed by atoms with E-state index in [1.807, 2.05) is 0 Å². The predicted molar refractivity (Wildman–Crippen MR) is 137 cm³/mol. The number of nitrogens with zero attached hydrogens (tertiary/aromatic N) is 4. The molecular formula is C26H40ClF3N6O3. The Morgan fingerprint density at radius 1 is 1.08 bits per heavy atom. The van der Waals surface area contributed by atoms with Crippen molar-refractivity contribution in [2.45, 2.75) is 99.5 Å². The van der Waals surface area contributed by atoms with E-state index < -0.39 is 36.1 Å². The van der Waals surface area contributed by atoms with Gasteiger partial charge in [0.15, 0.2) is 0 Å². The van der Waals surface area contributed by atoms with Crippen LogP contribution in [0.1, 0.15) is 51.4 Å². The van der Waals surface area contributed by atoms with Gasteiger partial charge in [-0.3, -0.25) is 19.8 Å². The van der Waals surface area contributed by atoms with Crippen molar-refractivity contribution in [2.24, 2.45) is 11.8 Å². The SMILES string of the molecule is CN(C(=O)C1CN(C(=O)[C@@H]2CCO2)C1)[C@@H](C1CCC(N2CCCC3C2CNC2CC(Cl)NN23)CC1)C(F)(F)F. The Morgan fingerprint density at radius 3 is 2.44 bits per heavy atom. The van der Waals surface area contributed by atoms with Gasteiger partial charge in [0.2, 0.25) is 5.91 Å². The van der Waals surface area contributed by atoms with Gasteiger partial charge in [-0.1, -0.05) is 0 Å². The lowest BCUT2D eigenvalue weighted by atomic mass is 9.78. The number of likely N-dealkylation sites (tertiary alicyclic amines) is 2. The second-order valence-corrected chi connectivity index (χ2v) is 12.8. The van der Waals surface area contributed by atoms with Crippen LogP contribution in [0.25, 0.3) is 0 Å². The minimum absolute atomic E-state index is 0.0775. The summed E-state index contributed by atoms with van der Waals surface area (Å²) in [5.74, 6) is -1.89. The molecule has 5 saturated heterocycles. The number of halogens is 4. The molecule has 0 aromatic rings. The van der Waals surface area contributed by atoms with E-state index in [1.165, 1.54) is 11.9 Å². The van der Waals surface area contributed by atoms with Gasteiger partial charge in [0.25, 0.3) is 5.91 Å². The molecule has 0 aromatic heterocycles. The number of hydrogen-bond donors (Lipinski definition) is 2. The van der Waals surface area contributed by atoms with Crippen LogP contribution in [0.2, 0.25) is 0 Å². The molecule has 6 fully saturated rings. The van der Waals surface area contributed by atoms with Gasteiger partial charge in [0.1, 0.15) is 12.1 Å². The molecule has 13 heteroatoms. The highest BCUT2D eigenvalue weighted by atomic mass is 35.5. The quantitative estimate of drug-likeness (QED) is 0.381. The summed E-state index contributed by atoms with van der Waals surface area (Å²) < 4.78 is 48.3. The molecular weight excluding hydrogens is 537 g/mol. The lowest BCUT2D eigenvalue weighted by molar-refractivity contribution is -0.205. The number of alkyl halides is 4. The van der Waals surface area contributed by atoms with E-state index in [-0.39, 0.29) is 36.7 Å². The van der Waals surface area contributed by atoms with Gasteiger partial charge in [-0.05, 0) is 51.0 Å². The van der Waals surface area contributed by atoms with Crippen molar-refractivity contribution >= 4 is 23.4 Å². The third-order valence-electron chi connectivity index (χ3n) is 10.0. The van der Waals surface area contributed by atoms with Crippen LogP contribution in [0.3, 0.4) is 0 Å². The molecule has 6 rings (SSSR count). The number of ether oxygens (including phenoxy) is 1. The van der Waals surface area contributed by atoms with Crippen LogP contribution in [0, 0.1) is 11.8 Å². The van der Waals surface area contributed by atoms with Crippen LogP contribution in [-0.4, -0.2) is 119 Å². The highest BCUT2D eigenvalue weighted by molar-refractivity contribution is 6.20. The van der Waals surface area contributed by atoms with E-state index >= 15 is 0 Å². The highest BCUT2D eigenvalue weighted by Gasteiger charge is 2.53. The number of hydrogen-bond acceptors (Lipinski definition) is 7. The minimum Gasteiger partial charge on any atom is -0.368 e. The fourth-order valence-corrected chi connectivity index (χ4v) is 8.18. The molecule has 2 amide bonds. The summed E-state index contributed by atoms with van der Waals surface area (Å²) in [4.78, 5) is 30.3. The lowest BCUT2D eigenvalue weighted by Gasteiger charge is -2.53. The van der Waals surface area contributed by atoms with E-state index in [1.54, 1.807) is 0 Å². The second-order valence-electron chi connectivity index (χ2n) is 12.3. The Kier molecular flexibility index (Phi) is 7.82. The third kappa shape index (κ3) is 5.30. The summed E-state index contributed by atoms with van der Waals surface area (Å²) in [6, 6.07) is -0.894. The molecule has 0 bridgehead atoms. The van der Waals surface area contributed by atoms with Crippen LogP contribution in [0.15, 0.2) is 0 Å². The zero-order valence-electron chi connectivity index (χ0n) is 22.4. The standard InChI is InChI=1S/C26H40ClF3N6O3/c1-33(24(37)16-13-34(14-16)25(38)20-8-10-39-20)23(26(28,29)30)15-4-6-17(7-5-15)35-9-2-3-18-19(35)12-31-22-11-21(27)32-36(18)22/h15-23,31-32H,2-14H2,1H3/t15?,17?,18?,19?,20-,21?,22?,23-/m0/s1. The first kappa shape index (κ1) is 28.0. The van der Waals surface area contributed by atoms with E-state index in [9.17, 15) is 22.8 Å². The number of carbonyl (C=O) groups is 2. The molecule has 6 aliphatic rings. The topological polar surface area (TPSA) is 80.4 Å². The van der Waals surface area contributed by atoms with E-state index in [4.69, 9.17) is 16.3 Å². The van der Waals surface area contributed by atoms with Gasteiger partial charge < -0.3 is 14.5 Å². The first-order valence-electron chi connectivity index (χ1n) is 14.5. The van der Waals surface area contributed by atoms with Crippen LogP contribution in [-0.2, 0) is 14.3 Å². The van der Waals surface area contributed by atoms with Crippen LogP contribution < -0.4 is 10.7 Å². The average Bonchev–Trinajstić information content (AvgIpc) is 3.22. The average molecular weight is 577 g/mol. The molecule has 220 valence electrons. The van der Waals surface area contributed by atoms with Gasteiger partial charge in [0.05, 0.1) is 24.2 Å². The number of rotatable bonds is 5. The molecule has 0 spiro atoms. The van der Waals surface area contributed by atoms with E-state index in [0.717, 1.165) is 37.3 Å². The monoisotopic (exact) mass is 576 g/mol. The maximum absolute atomic E-state index is 14.4. The van der Waals surface area contributed by atoms with Crippen LogP contribution in [0.5, 0.6) is 0 Å². The first-order chi connectivity index (χ1) is 18.6. The number of hydrazine groups is 1. The molecule has 2 N–H and O–H groups in total. The van der Waals surface area contributed by atoms with Crippen molar-refractivity contribution < 1.29 is 27.5 Å². The Bertz CT molecular complexity index is 927. The van der Waals surface area contributed by atoms with Crippen molar-refractivity contribution in [3.63, 3.8) is 0 Å². The fraction of sp³-hybridized carbons (Fsp3) is 0.923. The van der Waals surface area contributed by atoms with Crippen molar-refractivity contribution in [3.8, 4) is 0 Å². The molecule has 5 aliphatic heterocycles. The Hall–Kier alpha value is -1.18. The zero-order valence-corrected chi connectivity index (χ0v) is 23.2. The fourth-order valence-electron chi connectivity index (χ4n) is 7.90. The van der Waals surface area contributed by atoms with Crippen molar-refractivity contribution in [3.05, 3.63) is 0 Å². The minimum atomic E-state index is -4.50. The molecule has 0 radical (unpaired) electrons. The predicted octanol–water partition coefficient (Wildman–Crippen LogP) is 1.72. The summed E-state index contributed by atoms with van der Waals surface area (Å²) in [6.45, 7) is 2.72. The Morgan fingerprint density at radius 2 is 1.79 bits per heavy atom. The van der Waals surface area contributed by atoms with Gasteiger partial charge in [0, 0.05) is 57.6 Å². The number of fused-ring (bicyclic) bond motifs is 3. The summed E-state index contributed by atoms with van der Waals surface area (Å²) in [5.41, 5.74) is 3.32. The maximum atomic E-state index is 14.4. The highest BCUT2D eigenvalue weighted by Crippen LogP contribution is 2.41. The normalized spacial score (nSPS) is 38.8. The second kappa shape index (κ2) is 10.9.